The molecule has 29 heavy (non-hydrogen) atoms. The minimum atomic E-state index is -4.23. The molecule has 4 atom stereocenters. The fourth-order valence-electron chi connectivity index (χ4n) is 3.80. The third-order valence-electron chi connectivity index (χ3n) is 5.01. The molecule has 0 radical (unpaired) electrons. The van der Waals surface area contributed by atoms with Gasteiger partial charge >= 0.3 is 0 Å². The fourth-order valence-corrected chi connectivity index (χ4v) is 6.33. The number of thioether (sulfide) groups is 1. The van der Waals surface area contributed by atoms with Gasteiger partial charge in [0.1, 0.15) is 17.5 Å². The second kappa shape index (κ2) is 6.78. The molecule has 4 N–H and O–H groups in total. The van der Waals surface area contributed by atoms with E-state index in [9.17, 15) is 18.0 Å². The first-order valence-electron chi connectivity index (χ1n) is 8.71. The van der Waals surface area contributed by atoms with Crippen LogP contribution in [0.15, 0.2) is 30.3 Å². The molecule has 1 aromatic carbocycles. The van der Waals surface area contributed by atoms with Crippen molar-refractivity contribution in [1.82, 2.24) is 30.8 Å². The lowest BCUT2D eigenvalue weighted by molar-refractivity contribution is -0.151. The van der Waals surface area contributed by atoms with Crippen LogP contribution in [0.2, 0.25) is 0 Å². The summed E-state index contributed by atoms with van der Waals surface area (Å²) in [4.78, 5) is 27.2. The first-order valence-corrected chi connectivity index (χ1v) is 11.2. The van der Waals surface area contributed by atoms with Gasteiger partial charge in [-0.25, -0.2) is 13.6 Å². The Morgan fingerprint density at radius 2 is 2.03 bits per heavy atom. The number of β-lactam (4-membered cyclic amide) rings is 1. The van der Waals surface area contributed by atoms with Crippen molar-refractivity contribution in [1.29, 1.82) is 0 Å². The van der Waals surface area contributed by atoms with Crippen LogP contribution in [0.3, 0.4) is 0 Å². The summed E-state index contributed by atoms with van der Waals surface area (Å²) in [6.45, 7) is 3.89. The van der Waals surface area contributed by atoms with Crippen molar-refractivity contribution in [3.05, 3.63) is 41.7 Å². The van der Waals surface area contributed by atoms with Crippen LogP contribution in [0.1, 0.15) is 36.5 Å². The molecule has 0 aliphatic carbocycles. The molecule has 0 saturated carbocycles. The molecule has 1 aromatic heterocycles. The average molecular weight is 438 g/mol. The van der Waals surface area contributed by atoms with Crippen molar-refractivity contribution >= 4 is 33.6 Å². The van der Waals surface area contributed by atoms with E-state index in [-0.39, 0.29) is 16.8 Å². The molecule has 2 aliphatic heterocycles. The highest BCUT2D eigenvalue weighted by Crippen LogP contribution is 2.56. The second-order valence-electron chi connectivity index (χ2n) is 7.40. The Morgan fingerprint density at radius 3 is 2.62 bits per heavy atom. The molecule has 2 aliphatic rings. The minimum Gasteiger partial charge on any atom is -0.340 e. The van der Waals surface area contributed by atoms with E-state index in [4.69, 9.17) is 5.14 Å². The summed E-state index contributed by atoms with van der Waals surface area (Å²) in [5, 5.41) is 19.8. The number of carbonyl (C=O) groups excluding carboxylic acids is 2. The summed E-state index contributed by atoms with van der Waals surface area (Å²) in [5.74, 6) is -0.787. The van der Waals surface area contributed by atoms with Gasteiger partial charge in [0, 0.05) is 4.75 Å². The average Bonchev–Trinajstić information content (AvgIpc) is 3.23. The Bertz CT molecular complexity index is 1040. The zero-order valence-corrected chi connectivity index (χ0v) is 17.1. The van der Waals surface area contributed by atoms with Gasteiger partial charge in [0.2, 0.25) is 21.8 Å². The van der Waals surface area contributed by atoms with Crippen LogP contribution in [-0.4, -0.2) is 61.9 Å². The number of nitrogens with zero attached hydrogens (tertiary/aromatic N) is 4. The van der Waals surface area contributed by atoms with Gasteiger partial charge in [-0.3, -0.25) is 9.59 Å². The van der Waals surface area contributed by atoms with Crippen LogP contribution in [0, 0.1) is 0 Å². The normalized spacial score (nSPS) is 26.5. The zero-order chi connectivity index (χ0) is 21.0. The maximum Gasteiger partial charge on any atom is 0.249 e. The molecule has 3 heterocycles. The summed E-state index contributed by atoms with van der Waals surface area (Å²) >= 11 is 1.48. The molecule has 4 rings (SSSR count). The number of tetrazole rings is 1. The predicted molar refractivity (Wildman–Crippen MR) is 103 cm³/mol. The van der Waals surface area contributed by atoms with Gasteiger partial charge in [-0.05, 0) is 19.4 Å². The molecule has 13 heteroatoms. The standard InChI is InChI=1S/C16H19N7O4S2/c1-16(2)11(12-19-21-22-20-12)23-14(25)9(15(23)28-16)18-13(24)10(29(17,26)27)8-6-4-3-5-7-8/h3-7,9-11,15H,1-2H3,(H,18,24)(H2,17,26,27)(H,19,20,21,22)/t9?,10?,11?,15-/m1/s1. The molecule has 2 aromatic rings. The molecule has 3 unspecified atom stereocenters. The van der Waals surface area contributed by atoms with Gasteiger partial charge < -0.3 is 10.2 Å². The third-order valence-corrected chi connectivity index (χ3v) is 7.73. The smallest absolute Gasteiger partial charge is 0.249 e. The molecular formula is C16H19N7O4S2. The fraction of sp³-hybridized carbons (Fsp3) is 0.438. The highest BCUT2D eigenvalue weighted by molar-refractivity contribution is 8.01. The quantitative estimate of drug-likeness (QED) is 0.524. The number of hydrogen-bond donors (Lipinski definition) is 3. The molecule has 0 spiro atoms. The first kappa shape index (κ1) is 19.8. The molecule has 2 saturated heterocycles. The number of aromatic amines is 1. The molecule has 2 amide bonds. The molecule has 11 nitrogen and oxygen atoms in total. The number of rotatable bonds is 5. The lowest BCUT2D eigenvalue weighted by atomic mass is 9.95. The lowest BCUT2D eigenvalue weighted by Gasteiger charge is -2.44. The Kier molecular flexibility index (Phi) is 4.63. The van der Waals surface area contributed by atoms with Crippen LogP contribution in [0.4, 0.5) is 0 Å². The monoisotopic (exact) mass is 437 g/mol. The summed E-state index contributed by atoms with van der Waals surface area (Å²) in [6.07, 6.45) is 0. The topological polar surface area (TPSA) is 164 Å². The molecular weight excluding hydrogens is 418 g/mol. The van der Waals surface area contributed by atoms with E-state index in [1.165, 1.54) is 23.9 Å². The van der Waals surface area contributed by atoms with Crippen molar-refractivity contribution < 1.29 is 18.0 Å². The van der Waals surface area contributed by atoms with Crippen LogP contribution >= 0.6 is 11.8 Å². The third kappa shape index (κ3) is 3.28. The largest absolute Gasteiger partial charge is 0.340 e. The van der Waals surface area contributed by atoms with E-state index in [1.807, 2.05) is 13.8 Å². The second-order valence-corrected chi connectivity index (χ2v) is 10.8. The van der Waals surface area contributed by atoms with Crippen molar-refractivity contribution in [3.8, 4) is 0 Å². The van der Waals surface area contributed by atoms with Gasteiger partial charge in [-0.15, -0.1) is 22.0 Å². The number of nitrogens with two attached hydrogens (primary N) is 1. The van der Waals surface area contributed by atoms with Crippen LogP contribution in [-0.2, 0) is 19.6 Å². The Morgan fingerprint density at radius 1 is 1.34 bits per heavy atom. The van der Waals surface area contributed by atoms with E-state index in [1.54, 1.807) is 23.1 Å². The maximum absolute atomic E-state index is 12.8. The zero-order valence-electron chi connectivity index (χ0n) is 15.5. The van der Waals surface area contributed by atoms with Crippen LogP contribution in [0.25, 0.3) is 0 Å². The Balaban J connectivity index is 1.57. The highest BCUT2D eigenvalue weighted by atomic mass is 32.2. The number of H-pyrrole nitrogens is 1. The number of amides is 2. The van der Waals surface area contributed by atoms with Gasteiger partial charge in [-0.1, -0.05) is 35.5 Å². The van der Waals surface area contributed by atoms with Crippen LogP contribution < -0.4 is 10.5 Å². The van der Waals surface area contributed by atoms with E-state index in [0.717, 1.165) is 0 Å². The number of fused-ring (bicyclic) bond motifs is 1. The Hall–Kier alpha value is -2.51. The number of nitrogens with one attached hydrogen (secondary N) is 2. The van der Waals surface area contributed by atoms with Gasteiger partial charge in [0.25, 0.3) is 0 Å². The summed E-state index contributed by atoms with van der Waals surface area (Å²) in [6, 6.07) is 6.65. The van der Waals surface area contributed by atoms with Gasteiger partial charge in [0.15, 0.2) is 11.1 Å². The number of carbonyl (C=O) groups is 2. The lowest BCUT2D eigenvalue weighted by Crippen LogP contribution is -2.68. The van der Waals surface area contributed by atoms with Crippen molar-refractivity contribution in [2.45, 2.75) is 41.3 Å². The number of hydrogen-bond acceptors (Lipinski definition) is 8. The minimum absolute atomic E-state index is 0.236. The van der Waals surface area contributed by atoms with Crippen molar-refractivity contribution in [2.24, 2.45) is 5.14 Å². The number of aromatic nitrogens is 4. The molecule has 0 bridgehead atoms. The molecule has 2 fully saturated rings. The van der Waals surface area contributed by atoms with E-state index < -0.39 is 38.0 Å². The van der Waals surface area contributed by atoms with Gasteiger partial charge in [0.05, 0.1) is 0 Å². The summed E-state index contributed by atoms with van der Waals surface area (Å²) < 4.78 is 23.7. The maximum atomic E-state index is 12.8. The SMILES string of the molecule is CC1(C)S[C@@H]2C(NC(=O)C(c3ccccc3)S(N)(=O)=O)C(=O)N2C1c1nn[nH]n1. The van der Waals surface area contributed by atoms with E-state index >= 15 is 0 Å². The van der Waals surface area contributed by atoms with E-state index in [0.29, 0.717) is 5.82 Å². The Labute approximate surface area is 170 Å². The van der Waals surface area contributed by atoms with E-state index in [2.05, 4.69) is 25.9 Å². The summed E-state index contributed by atoms with van der Waals surface area (Å²) in [5.41, 5.74) is 0.236. The number of sulfonamides is 1. The number of primary sulfonamides is 1. The highest BCUT2D eigenvalue weighted by Gasteiger charge is 2.63. The molecule has 154 valence electrons. The van der Waals surface area contributed by atoms with Crippen LogP contribution in [0.5, 0.6) is 0 Å². The van der Waals surface area contributed by atoms with Crippen molar-refractivity contribution in [2.75, 3.05) is 0 Å². The predicted octanol–water partition coefficient (Wildman–Crippen LogP) is -0.551. The first-order chi connectivity index (χ1) is 13.6. The number of benzene rings is 1. The van der Waals surface area contributed by atoms with Gasteiger partial charge in [-0.2, -0.15) is 5.21 Å². The van der Waals surface area contributed by atoms with Crippen molar-refractivity contribution in [3.63, 3.8) is 0 Å². The summed E-state index contributed by atoms with van der Waals surface area (Å²) in [7, 11) is -4.23.